The molecule has 0 aliphatic heterocycles. The van der Waals surface area contributed by atoms with Crippen LogP contribution >= 0.6 is 0 Å². The maximum atomic E-state index is 11.9. The highest BCUT2D eigenvalue weighted by molar-refractivity contribution is 5.95. The third-order valence-corrected chi connectivity index (χ3v) is 3.29. The number of halogens is 3. The first-order valence-corrected chi connectivity index (χ1v) is 8.01. The highest BCUT2D eigenvalue weighted by Crippen LogP contribution is 2.24. The van der Waals surface area contributed by atoms with Crippen molar-refractivity contribution in [3.05, 3.63) is 29.3 Å². The van der Waals surface area contributed by atoms with Gasteiger partial charge in [0.05, 0.1) is 0 Å². The number of ether oxygens (including phenoxy) is 2. The molecule has 0 heterocycles. The Morgan fingerprint density at radius 1 is 1.15 bits per heavy atom. The minimum atomic E-state index is -4.60. The molecule has 1 rings (SSSR count). The predicted octanol–water partition coefficient (Wildman–Crippen LogP) is 2.43. The summed E-state index contributed by atoms with van der Waals surface area (Å²) in [5, 5.41) is 3.05. The van der Waals surface area contributed by atoms with Gasteiger partial charge in [0.1, 0.15) is 12.3 Å². The summed E-state index contributed by atoms with van der Waals surface area (Å²) in [5.41, 5.74) is 1.83. The first kappa shape index (κ1) is 22.3. The molecule has 2 N–H and O–H groups in total. The Hall–Kier alpha value is -2.78. The zero-order chi connectivity index (χ0) is 20.6. The first-order valence-electron chi connectivity index (χ1n) is 8.01. The zero-order valence-electron chi connectivity index (χ0n) is 15.1. The fourth-order valence-corrected chi connectivity index (χ4v) is 1.84. The number of benzene rings is 1. The Bertz CT molecular complexity index is 690. The molecule has 7 nitrogen and oxygen atoms in total. The molecule has 0 aliphatic carbocycles. The van der Waals surface area contributed by atoms with Crippen LogP contribution in [0.15, 0.2) is 18.2 Å². The number of carbonyl (C=O) groups is 3. The second-order valence-corrected chi connectivity index (χ2v) is 5.98. The molecule has 0 atom stereocenters. The molecule has 0 radical (unpaired) electrons. The number of alkyl halides is 3. The molecule has 27 heavy (non-hydrogen) atoms. The lowest BCUT2D eigenvalue weighted by Crippen LogP contribution is -2.44. The van der Waals surface area contributed by atoms with E-state index in [1.165, 1.54) is 5.32 Å². The van der Waals surface area contributed by atoms with E-state index in [0.29, 0.717) is 5.75 Å². The van der Waals surface area contributed by atoms with Crippen molar-refractivity contribution in [2.24, 2.45) is 0 Å². The van der Waals surface area contributed by atoms with E-state index in [-0.39, 0.29) is 5.92 Å². The quantitative estimate of drug-likeness (QED) is 0.698. The molecule has 1 aromatic carbocycles. The van der Waals surface area contributed by atoms with Crippen molar-refractivity contribution in [1.29, 1.82) is 0 Å². The van der Waals surface area contributed by atoms with Crippen molar-refractivity contribution < 1.29 is 37.0 Å². The summed E-state index contributed by atoms with van der Waals surface area (Å²) in [6, 6.07) is 4.25. The standard InChI is InChI=1S/C17H21F3N2O5/c1-10(2)12-5-4-11(3)13(6-12)26-8-15(24)27-7-14(23)22-16(25)21-9-17(18,19)20/h4-6,10H,7-9H2,1-3H3,(H2,21,22,23,25). The molecule has 0 aliphatic rings. The van der Waals surface area contributed by atoms with Gasteiger partial charge in [-0.25, -0.2) is 9.59 Å². The molecule has 0 bridgehead atoms. The van der Waals surface area contributed by atoms with E-state index in [1.54, 1.807) is 18.3 Å². The molecule has 3 amide bonds. The van der Waals surface area contributed by atoms with Crippen molar-refractivity contribution in [1.82, 2.24) is 10.6 Å². The fourth-order valence-electron chi connectivity index (χ4n) is 1.84. The number of esters is 1. The number of hydrogen-bond donors (Lipinski definition) is 2. The van der Waals surface area contributed by atoms with Gasteiger partial charge in [0, 0.05) is 0 Å². The summed E-state index contributed by atoms with van der Waals surface area (Å²) in [6.45, 7) is 2.94. The van der Waals surface area contributed by atoms with Crippen molar-refractivity contribution in [2.45, 2.75) is 32.9 Å². The van der Waals surface area contributed by atoms with Crippen LogP contribution in [0, 0.1) is 6.92 Å². The van der Waals surface area contributed by atoms with E-state index >= 15 is 0 Å². The number of urea groups is 1. The van der Waals surface area contributed by atoms with Gasteiger partial charge in [-0.2, -0.15) is 13.2 Å². The van der Waals surface area contributed by atoms with Gasteiger partial charge < -0.3 is 14.8 Å². The van der Waals surface area contributed by atoms with E-state index in [4.69, 9.17) is 4.74 Å². The number of amides is 3. The van der Waals surface area contributed by atoms with E-state index in [9.17, 15) is 27.6 Å². The topological polar surface area (TPSA) is 93.7 Å². The molecule has 1 aromatic rings. The highest BCUT2D eigenvalue weighted by Gasteiger charge is 2.28. The van der Waals surface area contributed by atoms with E-state index in [1.807, 2.05) is 26.0 Å². The minimum Gasteiger partial charge on any atom is -0.482 e. The number of imide groups is 1. The van der Waals surface area contributed by atoms with Gasteiger partial charge in [0.25, 0.3) is 5.91 Å². The molecule has 150 valence electrons. The number of aryl methyl sites for hydroxylation is 1. The van der Waals surface area contributed by atoms with Crippen LogP contribution < -0.4 is 15.4 Å². The summed E-state index contributed by atoms with van der Waals surface area (Å²) in [6.07, 6.45) is -4.60. The molecule has 0 unspecified atom stereocenters. The van der Waals surface area contributed by atoms with Crippen LogP contribution in [0.3, 0.4) is 0 Å². The summed E-state index contributed by atoms with van der Waals surface area (Å²) in [7, 11) is 0. The van der Waals surface area contributed by atoms with Crippen LogP contribution in [0.2, 0.25) is 0 Å². The Kier molecular flexibility index (Phi) is 8.07. The monoisotopic (exact) mass is 390 g/mol. The van der Waals surface area contributed by atoms with Crippen molar-refractivity contribution in [3.63, 3.8) is 0 Å². The highest BCUT2D eigenvalue weighted by atomic mass is 19.4. The van der Waals surface area contributed by atoms with Crippen LogP contribution in [-0.4, -0.2) is 43.8 Å². The fraction of sp³-hybridized carbons (Fsp3) is 0.471. The normalized spacial score (nSPS) is 11.1. The Labute approximate surface area is 154 Å². The largest absolute Gasteiger partial charge is 0.482 e. The van der Waals surface area contributed by atoms with Gasteiger partial charge in [0.15, 0.2) is 13.2 Å². The average molecular weight is 390 g/mol. The van der Waals surface area contributed by atoms with Crippen molar-refractivity contribution >= 4 is 17.9 Å². The lowest BCUT2D eigenvalue weighted by molar-refractivity contribution is -0.150. The third-order valence-electron chi connectivity index (χ3n) is 3.29. The maximum Gasteiger partial charge on any atom is 0.405 e. The van der Waals surface area contributed by atoms with Gasteiger partial charge in [0.2, 0.25) is 0 Å². The first-order chi connectivity index (χ1) is 12.5. The van der Waals surface area contributed by atoms with Crippen LogP contribution in [0.25, 0.3) is 0 Å². The zero-order valence-corrected chi connectivity index (χ0v) is 15.1. The van der Waals surface area contributed by atoms with E-state index in [0.717, 1.165) is 11.1 Å². The van der Waals surface area contributed by atoms with Gasteiger partial charge >= 0.3 is 18.2 Å². The number of hydrogen-bond acceptors (Lipinski definition) is 5. The van der Waals surface area contributed by atoms with E-state index < -0.39 is 43.8 Å². The summed E-state index contributed by atoms with van der Waals surface area (Å²) < 4.78 is 45.7. The summed E-state index contributed by atoms with van der Waals surface area (Å²) in [4.78, 5) is 34.0. The number of carbonyl (C=O) groups excluding carboxylic acids is 3. The Morgan fingerprint density at radius 3 is 2.41 bits per heavy atom. The molecular weight excluding hydrogens is 369 g/mol. The molecule has 10 heteroatoms. The van der Waals surface area contributed by atoms with Gasteiger partial charge in [-0.15, -0.1) is 0 Å². The second-order valence-electron chi connectivity index (χ2n) is 5.98. The predicted molar refractivity (Wildman–Crippen MR) is 89.3 cm³/mol. The van der Waals surface area contributed by atoms with Crippen LogP contribution in [0.1, 0.15) is 30.9 Å². The third kappa shape index (κ3) is 8.93. The Balaban J connectivity index is 2.38. The van der Waals surface area contributed by atoms with Crippen molar-refractivity contribution in [2.75, 3.05) is 19.8 Å². The number of rotatable bonds is 7. The lowest BCUT2D eigenvalue weighted by atomic mass is 10.0. The molecule has 0 aromatic heterocycles. The van der Waals surface area contributed by atoms with Crippen LogP contribution in [0.5, 0.6) is 5.75 Å². The SMILES string of the molecule is Cc1ccc(C(C)C)cc1OCC(=O)OCC(=O)NC(=O)NCC(F)(F)F. The van der Waals surface area contributed by atoms with Gasteiger partial charge in [-0.05, 0) is 30.0 Å². The molecule has 0 saturated heterocycles. The van der Waals surface area contributed by atoms with Gasteiger partial charge in [-0.1, -0.05) is 26.0 Å². The smallest absolute Gasteiger partial charge is 0.405 e. The molecular formula is C17H21F3N2O5. The van der Waals surface area contributed by atoms with Crippen LogP contribution in [-0.2, 0) is 14.3 Å². The summed E-state index contributed by atoms with van der Waals surface area (Å²) in [5.74, 6) is -1.17. The van der Waals surface area contributed by atoms with Gasteiger partial charge in [-0.3, -0.25) is 10.1 Å². The maximum absolute atomic E-state index is 11.9. The summed E-state index contributed by atoms with van der Waals surface area (Å²) >= 11 is 0. The van der Waals surface area contributed by atoms with Crippen LogP contribution in [0.4, 0.5) is 18.0 Å². The van der Waals surface area contributed by atoms with E-state index in [2.05, 4.69) is 4.74 Å². The lowest BCUT2D eigenvalue weighted by Gasteiger charge is -2.12. The number of nitrogens with one attached hydrogen (secondary N) is 2. The molecule has 0 saturated carbocycles. The minimum absolute atomic E-state index is 0.270. The molecule has 0 fully saturated rings. The Morgan fingerprint density at radius 2 is 1.81 bits per heavy atom. The van der Waals surface area contributed by atoms with Crippen molar-refractivity contribution in [3.8, 4) is 5.75 Å². The average Bonchev–Trinajstić information content (AvgIpc) is 2.56. The second kappa shape index (κ2) is 9.79. The molecule has 0 spiro atoms.